The molecule has 92 valence electrons. The number of hydrogen-bond acceptors (Lipinski definition) is 1. The summed E-state index contributed by atoms with van der Waals surface area (Å²) in [5.41, 5.74) is 1.87. The first-order valence-electron chi connectivity index (χ1n) is 5.96. The van der Waals surface area contributed by atoms with E-state index < -0.39 is 11.9 Å². The van der Waals surface area contributed by atoms with Gasteiger partial charge in [-0.2, -0.15) is 18.3 Å². The van der Waals surface area contributed by atoms with Crippen molar-refractivity contribution in [3.63, 3.8) is 0 Å². The first-order valence-corrected chi connectivity index (χ1v) is 5.96. The fourth-order valence-electron chi connectivity index (χ4n) is 2.64. The van der Waals surface area contributed by atoms with Crippen LogP contribution in [0.4, 0.5) is 8.78 Å². The van der Waals surface area contributed by atoms with Crippen molar-refractivity contribution in [1.82, 2.24) is 4.98 Å². The van der Waals surface area contributed by atoms with Crippen molar-refractivity contribution in [2.45, 2.75) is 25.8 Å². The molecule has 18 heavy (non-hydrogen) atoms. The molecule has 0 radical (unpaired) electrons. The summed E-state index contributed by atoms with van der Waals surface area (Å²) >= 11 is 0. The van der Waals surface area contributed by atoms with Crippen LogP contribution in [0.3, 0.4) is 0 Å². The molecule has 0 saturated heterocycles. The van der Waals surface area contributed by atoms with Crippen LogP contribution >= 0.6 is 0 Å². The Morgan fingerprint density at radius 2 is 2.00 bits per heavy atom. The van der Waals surface area contributed by atoms with E-state index in [1.807, 2.05) is 42.8 Å². The number of hydrogen-bond donors (Lipinski definition) is 0. The van der Waals surface area contributed by atoms with E-state index in [1.54, 1.807) is 0 Å². The van der Waals surface area contributed by atoms with Crippen LogP contribution in [-0.2, 0) is 0 Å². The van der Waals surface area contributed by atoms with Crippen molar-refractivity contribution in [2.24, 2.45) is 0 Å². The van der Waals surface area contributed by atoms with Crippen molar-refractivity contribution in [3.8, 4) is 11.3 Å². The van der Waals surface area contributed by atoms with E-state index in [4.69, 9.17) is 0 Å². The Kier molecular flexibility index (Phi) is 2.40. The molecule has 0 spiro atoms. The third-order valence-corrected chi connectivity index (χ3v) is 3.77. The van der Waals surface area contributed by atoms with E-state index in [9.17, 15) is 8.78 Å². The van der Waals surface area contributed by atoms with Gasteiger partial charge in [0, 0.05) is 18.1 Å². The van der Waals surface area contributed by atoms with Crippen LogP contribution in [0.2, 0.25) is 0 Å². The number of pyridine rings is 2. The van der Waals surface area contributed by atoms with Crippen LogP contribution in [0.1, 0.15) is 31.4 Å². The van der Waals surface area contributed by atoms with Gasteiger partial charge in [-0.25, -0.2) is 0 Å². The Labute approximate surface area is 104 Å². The third kappa shape index (κ3) is 1.45. The Morgan fingerprint density at radius 3 is 2.78 bits per heavy atom. The summed E-state index contributed by atoms with van der Waals surface area (Å²) in [6.07, 6.45) is 1.92. The summed E-state index contributed by atoms with van der Waals surface area (Å²) in [5.74, 6) is -1.44. The Balaban J connectivity index is 2.37. The number of nitrogens with zero attached hydrogens (tertiary/aromatic N) is 2. The van der Waals surface area contributed by atoms with Crippen molar-refractivity contribution in [3.05, 3.63) is 47.9 Å². The maximum Gasteiger partial charge on any atom is 0.229 e. The molecule has 2 aromatic rings. The van der Waals surface area contributed by atoms with Crippen molar-refractivity contribution >= 4 is 0 Å². The maximum atomic E-state index is 13.9. The Bertz CT molecular complexity index is 625. The van der Waals surface area contributed by atoms with Gasteiger partial charge in [0.1, 0.15) is 5.56 Å². The molecule has 0 aliphatic carbocycles. The van der Waals surface area contributed by atoms with Crippen molar-refractivity contribution < 1.29 is 13.3 Å². The fraction of sp³-hybridized carbons (Fsp3) is 0.286. The highest BCUT2D eigenvalue weighted by Gasteiger charge is 2.37. The highest BCUT2D eigenvalue weighted by molar-refractivity contribution is 5.62. The smallest absolute Gasteiger partial charge is 0.195 e. The highest BCUT2D eigenvalue weighted by atomic mass is 19.1. The van der Waals surface area contributed by atoms with Gasteiger partial charge in [-0.15, -0.1) is 0 Å². The average molecular weight is 247 g/mol. The van der Waals surface area contributed by atoms with E-state index in [0.29, 0.717) is 11.1 Å². The molecule has 2 nitrogen and oxygen atoms in total. The Hall–Kier alpha value is -1.84. The quantitative estimate of drug-likeness (QED) is 0.516. The molecule has 2 unspecified atom stereocenters. The number of fused-ring (bicyclic) bond motifs is 3. The molecular weight excluding hydrogens is 234 g/mol. The lowest BCUT2D eigenvalue weighted by Gasteiger charge is -2.25. The summed E-state index contributed by atoms with van der Waals surface area (Å²) in [6.45, 7) is 4.03. The largest absolute Gasteiger partial charge is 0.229 e. The van der Waals surface area contributed by atoms with Crippen LogP contribution in [-0.4, -0.2) is 4.98 Å². The van der Waals surface area contributed by atoms with Gasteiger partial charge in [0.25, 0.3) is 0 Å². The minimum atomic E-state index is -0.755. The monoisotopic (exact) mass is 247 g/mol. The first kappa shape index (κ1) is 11.3. The zero-order valence-corrected chi connectivity index (χ0v) is 10.2. The minimum Gasteiger partial charge on any atom is -0.195 e. The second kappa shape index (κ2) is 3.83. The molecule has 3 rings (SSSR count). The fourth-order valence-corrected chi connectivity index (χ4v) is 2.64. The van der Waals surface area contributed by atoms with Gasteiger partial charge in [-0.1, -0.05) is 6.92 Å². The molecule has 1 aliphatic heterocycles. The van der Waals surface area contributed by atoms with Gasteiger partial charge in [-0.05, 0) is 24.6 Å². The van der Waals surface area contributed by atoms with Gasteiger partial charge in [-0.3, -0.25) is 0 Å². The predicted molar refractivity (Wildman–Crippen MR) is 62.9 cm³/mol. The topological polar surface area (TPSA) is 16.8 Å². The van der Waals surface area contributed by atoms with Gasteiger partial charge in [0.15, 0.2) is 12.2 Å². The molecule has 0 bridgehead atoms. The highest BCUT2D eigenvalue weighted by Crippen LogP contribution is 2.38. The average Bonchev–Trinajstić information content (AvgIpc) is 2.35. The number of aromatic nitrogens is 2. The van der Waals surface area contributed by atoms with Gasteiger partial charge in [0.2, 0.25) is 17.6 Å². The van der Waals surface area contributed by atoms with Crippen LogP contribution in [0.5, 0.6) is 0 Å². The molecular formula is C14H13F2N2+. The summed E-state index contributed by atoms with van der Waals surface area (Å²) in [4.78, 5) is 3.30. The minimum absolute atomic E-state index is 0.0481. The zero-order valence-electron chi connectivity index (χ0n) is 10.2. The summed E-state index contributed by atoms with van der Waals surface area (Å²) in [7, 11) is 0. The van der Waals surface area contributed by atoms with Crippen molar-refractivity contribution in [1.29, 1.82) is 0 Å². The third-order valence-electron chi connectivity index (χ3n) is 3.77. The summed E-state index contributed by atoms with van der Waals surface area (Å²) in [5, 5.41) is 0. The summed E-state index contributed by atoms with van der Waals surface area (Å²) < 4.78 is 29.2. The molecule has 0 fully saturated rings. The van der Waals surface area contributed by atoms with E-state index in [2.05, 4.69) is 4.98 Å². The van der Waals surface area contributed by atoms with Crippen LogP contribution in [0.15, 0.2) is 30.5 Å². The molecule has 1 aliphatic rings. The van der Waals surface area contributed by atoms with Gasteiger partial charge in [0.05, 0.1) is 0 Å². The van der Waals surface area contributed by atoms with E-state index >= 15 is 0 Å². The lowest BCUT2D eigenvalue weighted by atomic mass is 9.86. The maximum absolute atomic E-state index is 13.9. The molecule has 0 amide bonds. The molecule has 2 atom stereocenters. The second-order valence-corrected chi connectivity index (χ2v) is 4.72. The number of rotatable bonds is 0. The molecule has 3 heterocycles. The molecule has 4 heteroatoms. The van der Waals surface area contributed by atoms with Gasteiger partial charge < -0.3 is 0 Å². The van der Waals surface area contributed by atoms with Crippen LogP contribution < -0.4 is 4.57 Å². The lowest BCUT2D eigenvalue weighted by Crippen LogP contribution is -2.45. The standard InChI is InChI=1S/C14H13F2N2/c1-8-9(2)18-6-4-3-5-11(18)13-10(8)7-12(15)17-14(13)16/h3-9H,1-2H3/q+1. The molecule has 2 aromatic heterocycles. The van der Waals surface area contributed by atoms with E-state index in [-0.39, 0.29) is 12.0 Å². The summed E-state index contributed by atoms with van der Waals surface area (Å²) in [6, 6.07) is 7.10. The number of halogens is 2. The van der Waals surface area contributed by atoms with E-state index in [0.717, 1.165) is 5.69 Å². The van der Waals surface area contributed by atoms with Crippen LogP contribution in [0, 0.1) is 11.9 Å². The van der Waals surface area contributed by atoms with Crippen molar-refractivity contribution in [2.75, 3.05) is 0 Å². The second-order valence-electron chi connectivity index (χ2n) is 4.72. The normalized spacial score (nSPS) is 21.3. The predicted octanol–water partition coefficient (Wildman–Crippen LogP) is 2.99. The SMILES string of the molecule is CC1c2cc(F)nc(F)c2-c2cccc[n+]2C1C. The molecule has 0 aromatic carbocycles. The van der Waals surface area contributed by atoms with Gasteiger partial charge >= 0.3 is 0 Å². The van der Waals surface area contributed by atoms with Crippen LogP contribution in [0.25, 0.3) is 11.3 Å². The first-order chi connectivity index (χ1) is 8.59. The lowest BCUT2D eigenvalue weighted by molar-refractivity contribution is -0.714. The van der Waals surface area contributed by atoms with E-state index in [1.165, 1.54) is 6.07 Å². The zero-order chi connectivity index (χ0) is 12.9. The molecule has 0 saturated carbocycles. The molecule has 0 N–H and O–H groups in total. The Morgan fingerprint density at radius 1 is 1.22 bits per heavy atom.